The number of benzene rings is 2. The molecule has 1 amide bonds. The number of rotatable bonds is 11. The number of amides is 1. The number of nitrogens with zero attached hydrogens (tertiary/aromatic N) is 2. The molecule has 0 saturated heterocycles. The van der Waals surface area contributed by atoms with Crippen LogP contribution in [-0.4, -0.2) is 39.2 Å². The highest BCUT2D eigenvalue weighted by Gasteiger charge is 2.18. The third-order valence-corrected chi connectivity index (χ3v) is 6.24. The van der Waals surface area contributed by atoms with Crippen molar-refractivity contribution in [3.05, 3.63) is 87.1 Å². The molecule has 0 bridgehead atoms. The summed E-state index contributed by atoms with van der Waals surface area (Å²) >= 11 is 0. The molecule has 9 nitrogen and oxygen atoms in total. The normalized spacial score (nSPS) is 10.9. The van der Waals surface area contributed by atoms with Crippen molar-refractivity contribution in [1.82, 2.24) is 14.9 Å². The second kappa shape index (κ2) is 13.5. The number of carbonyl (C=O) groups excluding carboxylic acids is 1. The van der Waals surface area contributed by atoms with Crippen molar-refractivity contribution in [2.24, 2.45) is 5.92 Å². The van der Waals surface area contributed by atoms with Gasteiger partial charge >= 0.3 is 12.1 Å². The van der Waals surface area contributed by atoms with Crippen LogP contribution in [0.5, 0.6) is 0 Å². The van der Waals surface area contributed by atoms with E-state index < -0.39 is 12.1 Å². The van der Waals surface area contributed by atoms with Gasteiger partial charge in [0.25, 0.3) is 5.56 Å². The highest BCUT2D eigenvalue weighted by Crippen LogP contribution is 2.24. The topological polar surface area (TPSA) is 134 Å². The van der Waals surface area contributed by atoms with Gasteiger partial charge in [0.05, 0.1) is 19.6 Å². The summed E-state index contributed by atoms with van der Waals surface area (Å²) in [6.07, 6.45) is 1.07. The van der Waals surface area contributed by atoms with Gasteiger partial charge in [0, 0.05) is 23.2 Å². The third-order valence-electron chi connectivity index (χ3n) is 6.24. The van der Waals surface area contributed by atoms with Crippen LogP contribution in [0.25, 0.3) is 11.1 Å². The zero-order chi connectivity index (χ0) is 28.5. The van der Waals surface area contributed by atoms with E-state index >= 15 is 0 Å². The highest BCUT2D eigenvalue weighted by molar-refractivity contribution is 6.08. The lowest BCUT2D eigenvalue weighted by Gasteiger charge is -2.17. The van der Waals surface area contributed by atoms with E-state index in [0.29, 0.717) is 41.2 Å². The summed E-state index contributed by atoms with van der Waals surface area (Å²) in [5.74, 6) is 0.237. The fraction of sp³-hybridized carbons (Fsp3) is 0.367. The minimum absolute atomic E-state index is 0.121. The zero-order valence-corrected chi connectivity index (χ0v) is 22.9. The van der Waals surface area contributed by atoms with Crippen molar-refractivity contribution in [2.75, 3.05) is 6.61 Å². The predicted molar refractivity (Wildman–Crippen MR) is 150 cm³/mol. The number of aromatic nitrogens is 2. The molecule has 0 aliphatic carbocycles. The van der Waals surface area contributed by atoms with Gasteiger partial charge in [0.2, 0.25) is 0 Å². The van der Waals surface area contributed by atoms with E-state index in [2.05, 4.69) is 12.2 Å². The van der Waals surface area contributed by atoms with Crippen LogP contribution in [-0.2, 0) is 28.9 Å². The molecule has 3 aromatic rings. The molecule has 0 spiro atoms. The molecule has 0 atom stereocenters. The van der Waals surface area contributed by atoms with Gasteiger partial charge < -0.3 is 9.84 Å². The number of unbranched alkanes of at least 4 members (excludes halogenated alkanes) is 1. The Kier molecular flexibility index (Phi) is 10.1. The monoisotopic (exact) mass is 532 g/mol. The van der Waals surface area contributed by atoms with Gasteiger partial charge in [-0.3, -0.25) is 24.9 Å². The number of esters is 1. The number of carbonyl (C=O) groups is 2. The van der Waals surface area contributed by atoms with Crippen LogP contribution in [0.1, 0.15) is 61.8 Å². The van der Waals surface area contributed by atoms with Crippen LogP contribution < -0.4 is 10.9 Å². The molecule has 3 rings (SSSR count). The summed E-state index contributed by atoms with van der Waals surface area (Å²) in [5.41, 5.74) is 3.50. The zero-order valence-electron chi connectivity index (χ0n) is 22.9. The molecular weight excluding hydrogens is 496 g/mol. The van der Waals surface area contributed by atoms with Crippen molar-refractivity contribution < 1.29 is 19.4 Å². The Morgan fingerprint density at radius 1 is 1.13 bits per heavy atom. The van der Waals surface area contributed by atoms with Crippen LogP contribution in [0.3, 0.4) is 0 Å². The summed E-state index contributed by atoms with van der Waals surface area (Å²) in [4.78, 5) is 41.7. The SMILES string of the molecule is CCCCc1nc(C)c(CC(=O)OCC(C)C)c(=O)n1Cc1ccc(-c2ccccc2C(=N)NC(=O)O)cc1. The average Bonchev–Trinajstić information content (AvgIpc) is 2.90. The first kappa shape index (κ1) is 29.3. The molecule has 3 N–H and O–H groups in total. The van der Waals surface area contributed by atoms with Crippen molar-refractivity contribution in [3.8, 4) is 11.1 Å². The number of ether oxygens (including phenoxy) is 1. The smallest absolute Gasteiger partial charge is 0.410 e. The largest absolute Gasteiger partial charge is 0.465 e. The lowest BCUT2D eigenvalue weighted by atomic mass is 9.98. The number of hydrogen-bond donors (Lipinski definition) is 3. The van der Waals surface area contributed by atoms with E-state index in [1.54, 1.807) is 23.6 Å². The van der Waals surface area contributed by atoms with Gasteiger partial charge in [-0.1, -0.05) is 75.7 Å². The Morgan fingerprint density at radius 2 is 1.82 bits per heavy atom. The van der Waals surface area contributed by atoms with Crippen LogP contribution in [0, 0.1) is 18.3 Å². The molecule has 1 heterocycles. The summed E-state index contributed by atoms with van der Waals surface area (Å²) in [6, 6.07) is 14.6. The maximum Gasteiger partial charge on any atom is 0.410 e. The maximum absolute atomic E-state index is 13.6. The van der Waals surface area contributed by atoms with Gasteiger partial charge in [-0.15, -0.1) is 0 Å². The number of amidine groups is 1. The van der Waals surface area contributed by atoms with E-state index in [-0.39, 0.29) is 30.3 Å². The molecule has 0 fully saturated rings. The Labute approximate surface area is 228 Å². The summed E-state index contributed by atoms with van der Waals surface area (Å²) in [6.45, 7) is 8.34. The molecule has 1 aromatic heterocycles. The number of nitrogens with one attached hydrogen (secondary N) is 2. The number of aryl methyl sites for hydroxylation is 2. The first-order chi connectivity index (χ1) is 18.6. The molecule has 0 aliphatic rings. The summed E-state index contributed by atoms with van der Waals surface area (Å²) in [7, 11) is 0. The number of carboxylic acid groups (broad SMARTS) is 1. The highest BCUT2D eigenvalue weighted by atomic mass is 16.5. The molecule has 0 radical (unpaired) electrons. The van der Waals surface area contributed by atoms with Gasteiger partial charge in [-0.05, 0) is 36.0 Å². The van der Waals surface area contributed by atoms with E-state index in [1.807, 2.05) is 50.2 Å². The average molecular weight is 533 g/mol. The maximum atomic E-state index is 13.6. The van der Waals surface area contributed by atoms with Crippen molar-refractivity contribution in [3.63, 3.8) is 0 Å². The van der Waals surface area contributed by atoms with E-state index in [0.717, 1.165) is 24.0 Å². The fourth-order valence-corrected chi connectivity index (χ4v) is 4.20. The number of hydrogen-bond acceptors (Lipinski definition) is 6. The van der Waals surface area contributed by atoms with E-state index in [4.69, 9.17) is 20.2 Å². The lowest BCUT2D eigenvalue weighted by Crippen LogP contribution is -2.31. The minimum Gasteiger partial charge on any atom is -0.465 e. The Balaban J connectivity index is 1.92. The molecule has 2 aromatic carbocycles. The molecule has 0 saturated carbocycles. The lowest BCUT2D eigenvalue weighted by molar-refractivity contribution is -0.143. The second-order valence-corrected chi connectivity index (χ2v) is 9.89. The Hall–Kier alpha value is -4.27. The van der Waals surface area contributed by atoms with Gasteiger partial charge in [-0.2, -0.15) is 0 Å². The summed E-state index contributed by atoms with van der Waals surface area (Å²) in [5, 5.41) is 19.2. The van der Waals surface area contributed by atoms with Gasteiger partial charge in [-0.25, -0.2) is 9.78 Å². The molecule has 0 unspecified atom stereocenters. The minimum atomic E-state index is -1.30. The van der Waals surface area contributed by atoms with Gasteiger partial charge in [0.1, 0.15) is 11.7 Å². The predicted octanol–water partition coefficient (Wildman–Crippen LogP) is 4.94. The van der Waals surface area contributed by atoms with Crippen molar-refractivity contribution in [2.45, 2.75) is 59.9 Å². The second-order valence-electron chi connectivity index (χ2n) is 9.89. The molecular formula is C30H36N4O5. The van der Waals surface area contributed by atoms with Gasteiger partial charge in [0.15, 0.2) is 0 Å². The third kappa shape index (κ3) is 7.86. The molecule has 206 valence electrons. The van der Waals surface area contributed by atoms with Crippen LogP contribution in [0.15, 0.2) is 53.3 Å². The molecule has 39 heavy (non-hydrogen) atoms. The van der Waals surface area contributed by atoms with Crippen molar-refractivity contribution in [1.29, 1.82) is 5.41 Å². The Morgan fingerprint density at radius 3 is 2.46 bits per heavy atom. The quantitative estimate of drug-likeness (QED) is 0.182. The summed E-state index contributed by atoms with van der Waals surface area (Å²) < 4.78 is 6.95. The van der Waals surface area contributed by atoms with Crippen LogP contribution >= 0.6 is 0 Å². The molecule has 9 heteroatoms. The fourth-order valence-electron chi connectivity index (χ4n) is 4.20. The first-order valence-electron chi connectivity index (χ1n) is 13.1. The van der Waals surface area contributed by atoms with E-state index in [1.165, 1.54) is 0 Å². The standard InChI is InChI=1S/C30H36N4O5/c1-5-6-11-26-32-20(4)25(16-27(35)39-18-19(2)3)29(36)34(26)17-21-12-14-22(15-13-21)23-9-7-8-10-24(23)28(31)33-30(37)38/h7-10,12-15,19H,5-6,11,16-18H2,1-4H3,(H2,31,33)(H,37,38). The van der Waals surface area contributed by atoms with Crippen LogP contribution in [0.2, 0.25) is 0 Å². The van der Waals surface area contributed by atoms with E-state index in [9.17, 15) is 14.4 Å². The van der Waals surface area contributed by atoms with Crippen LogP contribution in [0.4, 0.5) is 4.79 Å². The Bertz CT molecular complexity index is 1390. The molecule has 0 aliphatic heterocycles. The first-order valence-corrected chi connectivity index (χ1v) is 13.1. The van der Waals surface area contributed by atoms with Crippen molar-refractivity contribution >= 4 is 17.9 Å².